The van der Waals surface area contributed by atoms with Gasteiger partial charge in [0, 0.05) is 24.5 Å². The predicted molar refractivity (Wildman–Crippen MR) is 94.1 cm³/mol. The summed E-state index contributed by atoms with van der Waals surface area (Å²) < 4.78 is 0. The number of fused-ring (bicyclic) bond motifs is 4. The number of thiazole rings is 1. The van der Waals surface area contributed by atoms with Crippen molar-refractivity contribution in [2.24, 2.45) is 5.92 Å². The van der Waals surface area contributed by atoms with Crippen molar-refractivity contribution < 1.29 is 9.59 Å². The van der Waals surface area contributed by atoms with Crippen molar-refractivity contribution in [2.75, 3.05) is 13.1 Å². The second-order valence-electron chi connectivity index (χ2n) is 6.52. The Hall–Kier alpha value is -1.73. The van der Waals surface area contributed by atoms with Gasteiger partial charge < -0.3 is 9.80 Å². The molecule has 5 nitrogen and oxygen atoms in total. The lowest BCUT2D eigenvalue weighted by Gasteiger charge is -2.35. The second-order valence-corrected chi connectivity index (χ2v) is 8.15. The van der Waals surface area contributed by atoms with Crippen LogP contribution in [0.2, 0.25) is 0 Å². The number of amides is 2. The van der Waals surface area contributed by atoms with Crippen LogP contribution in [0.3, 0.4) is 0 Å². The molecule has 0 saturated carbocycles. The van der Waals surface area contributed by atoms with Crippen LogP contribution in [0.15, 0.2) is 22.3 Å². The Kier molecular flexibility index (Phi) is 4.14. The fourth-order valence-corrected chi connectivity index (χ4v) is 5.08. The summed E-state index contributed by atoms with van der Waals surface area (Å²) in [5.41, 5.74) is 3.76. The summed E-state index contributed by atoms with van der Waals surface area (Å²) in [7, 11) is 0. The smallest absolute Gasteiger partial charge is 0.264 e. The summed E-state index contributed by atoms with van der Waals surface area (Å²) >= 11 is 3.04. The van der Waals surface area contributed by atoms with Crippen LogP contribution in [0.25, 0.3) is 0 Å². The number of thiophene rings is 1. The Morgan fingerprint density at radius 3 is 2.96 bits per heavy atom. The first-order chi connectivity index (χ1) is 11.6. The summed E-state index contributed by atoms with van der Waals surface area (Å²) in [5, 5.41) is 3.94. The van der Waals surface area contributed by atoms with Crippen LogP contribution < -0.4 is 0 Å². The van der Waals surface area contributed by atoms with Gasteiger partial charge in [-0.3, -0.25) is 9.59 Å². The maximum absolute atomic E-state index is 12.9. The number of rotatable bonds is 3. The van der Waals surface area contributed by atoms with Gasteiger partial charge in [-0.15, -0.1) is 22.7 Å². The third kappa shape index (κ3) is 2.75. The highest BCUT2D eigenvalue weighted by molar-refractivity contribution is 7.12. The minimum atomic E-state index is -0.0772. The summed E-state index contributed by atoms with van der Waals surface area (Å²) in [4.78, 5) is 34.6. The van der Waals surface area contributed by atoms with Crippen LogP contribution in [0.5, 0.6) is 0 Å². The van der Waals surface area contributed by atoms with Gasteiger partial charge in [-0.2, -0.15) is 0 Å². The lowest BCUT2D eigenvalue weighted by atomic mass is 9.94. The van der Waals surface area contributed by atoms with Gasteiger partial charge >= 0.3 is 0 Å². The molecule has 3 aliphatic rings. The van der Waals surface area contributed by atoms with E-state index in [0.29, 0.717) is 19.6 Å². The highest BCUT2D eigenvalue weighted by Crippen LogP contribution is 2.31. The third-order valence-corrected chi connectivity index (χ3v) is 6.59. The van der Waals surface area contributed by atoms with Crippen molar-refractivity contribution in [1.82, 2.24) is 14.8 Å². The number of hydrogen-bond donors (Lipinski definition) is 0. The molecule has 0 N–H and O–H groups in total. The maximum Gasteiger partial charge on any atom is 0.264 e. The molecule has 0 spiro atoms. The quantitative estimate of drug-likeness (QED) is 0.845. The molecule has 0 aliphatic carbocycles. The molecule has 0 aromatic carbocycles. The normalized spacial score (nSPS) is 23.6. The standard InChI is InChI=1S/C17H19N3O2S2/c1-11-4-5-24-15(11)17(22)19-6-12-2-3-14(8-19)20(16(12)21)7-13-9-23-10-18-13/h4-5,9-10,12,14H,2-3,6-8H2,1H3/t12-,14+/m1/s1. The zero-order chi connectivity index (χ0) is 16.7. The van der Waals surface area contributed by atoms with E-state index in [1.807, 2.05) is 33.6 Å². The van der Waals surface area contributed by atoms with E-state index in [0.717, 1.165) is 29.0 Å². The number of aromatic nitrogens is 1. The van der Waals surface area contributed by atoms with Gasteiger partial charge in [0.05, 0.1) is 28.5 Å². The number of carbonyl (C=O) groups is 2. The molecular weight excluding hydrogens is 342 g/mol. The van der Waals surface area contributed by atoms with E-state index < -0.39 is 0 Å². The Labute approximate surface area is 148 Å². The van der Waals surface area contributed by atoms with Crippen LogP contribution in [0.4, 0.5) is 0 Å². The average molecular weight is 361 g/mol. The number of nitrogens with zero attached hydrogens (tertiary/aromatic N) is 3. The largest absolute Gasteiger partial charge is 0.335 e. The summed E-state index contributed by atoms with van der Waals surface area (Å²) in [5.74, 6) is 0.173. The van der Waals surface area contributed by atoms with Crippen molar-refractivity contribution in [3.8, 4) is 0 Å². The van der Waals surface area contributed by atoms with Crippen molar-refractivity contribution >= 4 is 34.5 Å². The number of piperidine rings is 1. The average Bonchev–Trinajstić information content (AvgIpc) is 3.15. The Morgan fingerprint density at radius 2 is 2.25 bits per heavy atom. The Morgan fingerprint density at radius 1 is 1.38 bits per heavy atom. The van der Waals surface area contributed by atoms with E-state index in [4.69, 9.17) is 0 Å². The fourth-order valence-electron chi connectivity index (χ4n) is 3.64. The highest BCUT2D eigenvalue weighted by atomic mass is 32.1. The third-order valence-electron chi connectivity index (χ3n) is 4.95. The van der Waals surface area contributed by atoms with Gasteiger partial charge in [-0.25, -0.2) is 4.98 Å². The molecule has 24 heavy (non-hydrogen) atoms. The summed E-state index contributed by atoms with van der Waals surface area (Å²) in [6.07, 6.45) is 1.85. The molecule has 2 atom stereocenters. The fraction of sp³-hybridized carbons (Fsp3) is 0.471. The van der Waals surface area contributed by atoms with Gasteiger partial charge in [0.25, 0.3) is 5.91 Å². The van der Waals surface area contributed by atoms with E-state index >= 15 is 0 Å². The molecule has 0 radical (unpaired) electrons. The van der Waals surface area contributed by atoms with Crippen molar-refractivity contribution in [3.05, 3.63) is 38.5 Å². The van der Waals surface area contributed by atoms with E-state index in [-0.39, 0.29) is 23.8 Å². The van der Waals surface area contributed by atoms with Crippen LogP contribution in [0.1, 0.15) is 33.8 Å². The minimum absolute atomic E-state index is 0.0720. The molecule has 3 saturated heterocycles. The lowest BCUT2D eigenvalue weighted by molar-refractivity contribution is -0.140. The van der Waals surface area contributed by atoms with Gasteiger partial charge in [0.1, 0.15) is 0 Å². The Bertz CT molecular complexity index is 756. The number of hydrogen-bond acceptors (Lipinski definition) is 5. The molecule has 2 amide bonds. The summed E-state index contributed by atoms with van der Waals surface area (Å²) in [6.45, 7) is 3.70. The monoisotopic (exact) mass is 361 g/mol. The molecule has 2 aromatic heterocycles. The van der Waals surface area contributed by atoms with Crippen molar-refractivity contribution in [1.29, 1.82) is 0 Å². The molecular formula is C17H19N3O2S2. The molecule has 3 fully saturated rings. The number of carbonyl (C=O) groups excluding carboxylic acids is 2. The van der Waals surface area contributed by atoms with Gasteiger partial charge in [0.15, 0.2) is 0 Å². The highest BCUT2D eigenvalue weighted by Gasteiger charge is 2.42. The second kappa shape index (κ2) is 6.29. The van der Waals surface area contributed by atoms with Crippen molar-refractivity contribution in [3.63, 3.8) is 0 Å². The molecule has 126 valence electrons. The van der Waals surface area contributed by atoms with Crippen LogP contribution in [-0.2, 0) is 11.3 Å². The molecule has 5 rings (SSSR count). The van der Waals surface area contributed by atoms with E-state index in [1.165, 1.54) is 11.3 Å². The van der Waals surface area contributed by atoms with Crippen LogP contribution >= 0.6 is 22.7 Å². The maximum atomic E-state index is 12.9. The SMILES string of the molecule is Cc1ccsc1C(=O)N1C[C@H]2CC[C@@H](C1)N(Cc1cscn1)C2=O. The molecule has 2 aromatic rings. The first-order valence-corrected chi connectivity index (χ1v) is 9.96. The molecule has 2 bridgehead atoms. The van der Waals surface area contributed by atoms with Gasteiger partial charge in [0.2, 0.25) is 5.91 Å². The van der Waals surface area contributed by atoms with Crippen LogP contribution in [-0.4, -0.2) is 45.7 Å². The first kappa shape index (κ1) is 15.8. The van der Waals surface area contributed by atoms with Crippen molar-refractivity contribution in [2.45, 2.75) is 32.4 Å². The lowest BCUT2D eigenvalue weighted by Crippen LogP contribution is -2.47. The summed E-state index contributed by atoms with van der Waals surface area (Å²) in [6, 6.07) is 2.08. The molecule has 3 aliphatic heterocycles. The molecule has 7 heteroatoms. The zero-order valence-electron chi connectivity index (χ0n) is 13.5. The van der Waals surface area contributed by atoms with E-state index in [9.17, 15) is 9.59 Å². The van der Waals surface area contributed by atoms with E-state index in [1.54, 1.807) is 16.8 Å². The van der Waals surface area contributed by atoms with E-state index in [2.05, 4.69) is 4.98 Å². The topological polar surface area (TPSA) is 53.5 Å². The molecule has 5 heterocycles. The van der Waals surface area contributed by atoms with Gasteiger partial charge in [-0.05, 0) is 36.8 Å². The predicted octanol–water partition coefficient (Wildman–Crippen LogP) is 2.78. The Balaban J connectivity index is 1.57. The van der Waals surface area contributed by atoms with Gasteiger partial charge in [-0.1, -0.05) is 0 Å². The minimum Gasteiger partial charge on any atom is -0.335 e. The first-order valence-electron chi connectivity index (χ1n) is 8.14. The zero-order valence-corrected chi connectivity index (χ0v) is 15.1. The van der Waals surface area contributed by atoms with Crippen LogP contribution in [0, 0.1) is 12.8 Å². The number of aryl methyl sites for hydroxylation is 1. The molecule has 0 unspecified atom stereocenters.